The summed E-state index contributed by atoms with van der Waals surface area (Å²) in [5.74, 6) is 0.903. The molecule has 0 aromatic heterocycles. The van der Waals surface area contributed by atoms with Gasteiger partial charge in [-0.3, -0.25) is 0 Å². The van der Waals surface area contributed by atoms with Crippen LogP contribution in [-0.4, -0.2) is 81.4 Å². The first-order chi connectivity index (χ1) is 28.0. The predicted molar refractivity (Wildman–Crippen MR) is 226 cm³/mol. The number of amides is 2. The van der Waals surface area contributed by atoms with Gasteiger partial charge in [0.1, 0.15) is 5.75 Å². The molecule has 14 heteroatoms. The summed E-state index contributed by atoms with van der Waals surface area (Å²) in [7, 11) is -6.95. The maximum atomic E-state index is 12.8. The molecule has 4 fully saturated rings. The number of sulfonamides is 2. The second-order valence-electron chi connectivity index (χ2n) is 17.9. The number of anilines is 1. The number of nitriles is 1. The Balaban J connectivity index is 0.000000135. The van der Waals surface area contributed by atoms with Crippen LogP contribution in [0.15, 0.2) is 12.1 Å². The van der Waals surface area contributed by atoms with Crippen molar-refractivity contribution in [1.82, 2.24) is 14.5 Å². The summed E-state index contributed by atoms with van der Waals surface area (Å²) in [5, 5.41) is 16.0. The Labute approximate surface area is 345 Å². The summed E-state index contributed by atoms with van der Waals surface area (Å²) in [6, 6.07) is 5.43. The first-order valence-electron chi connectivity index (χ1n) is 22.2. The van der Waals surface area contributed by atoms with Gasteiger partial charge in [-0.05, 0) is 199 Å². The number of urea groups is 1. The molecule has 12 nitrogen and oxygen atoms in total. The number of likely N-dealkylation sites (tertiary alicyclic amines) is 2. The molecule has 2 aromatic carbocycles. The lowest BCUT2D eigenvalue weighted by Crippen LogP contribution is -2.50. The van der Waals surface area contributed by atoms with Crippen LogP contribution in [0.3, 0.4) is 0 Å². The van der Waals surface area contributed by atoms with E-state index in [-0.39, 0.29) is 5.25 Å². The zero-order valence-electron chi connectivity index (χ0n) is 34.0. The first kappa shape index (κ1) is 41.5. The van der Waals surface area contributed by atoms with Crippen LogP contribution in [0.4, 0.5) is 10.5 Å². The largest absolute Gasteiger partial charge is 0.387 e. The molecule has 0 radical (unpaired) electrons. The number of nitrogens with two attached hydrogens (primary N) is 1. The third-order valence-electron chi connectivity index (χ3n) is 14.6. The van der Waals surface area contributed by atoms with Gasteiger partial charge in [-0.1, -0.05) is 25.0 Å². The van der Waals surface area contributed by atoms with Crippen molar-refractivity contribution in [2.75, 3.05) is 31.5 Å². The molecule has 2 saturated heterocycles. The SMILES string of the molecule is N#COc1c2c(cc3c1CCC3)CCC2.NS(=O)(=O)C1CCN(C2CCC2)CC1.O=C(Nc1c2c(cc3c1CCC3)CCC2)NS(=O)(=O)C1CCN(C2CCC2)CC1. The Bertz CT molecular complexity index is 2050. The van der Waals surface area contributed by atoms with Crippen LogP contribution in [0.5, 0.6) is 5.75 Å². The van der Waals surface area contributed by atoms with Gasteiger partial charge in [-0.2, -0.15) is 0 Å². The maximum absolute atomic E-state index is 12.8. The Hall–Kier alpha value is -3.22. The van der Waals surface area contributed by atoms with E-state index in [9.17, 15) is 21.6 Å². The zero-order valence-corrected chi connectivity index (χ0v) is 35.7. The third-order valence-corrected chi connectivity index (χ3v) is 17.8. The number of hydrogen-bond donors (Lipinski definition) is 3. The van der Waals surface area contributed by atoms with Crippen molar-refractivity contribution in [3.63, 3.8) is 0 Å². The number of primary sulfonamides is 1. The van der Waals surface area contributed by atoms with Gasteiger partial charge < -0.3 is 19.9 Å². The van der Waals surface area contributed by atoms with Crippen molar-refractivity contribution in [1.29, 1.82) is 5.26 Å². The first-order valence-corrected chi connectivity index (χ1v) is 25.4. The van der Waals surface area contributed by atoms with Crippen molar-refractivity contribution in [2.45, 2.75) is 164 Å². The lowest BCUT2D eigenvalue weighted by atomic mass is 9.90. The molecule has 2 saturated carbocycles. The second kappa shape index (κ2) is 17.8. The third kappa shape index (κ3) is 9.09. The number of carbonyl (C=O) groups excluding carboxylic acids is 1. The molecule has 0 bridgehead atoms. The van der Waals surface area contributed by atoms with Crippen molar-refractivity contribution in [3.05, 3.63) is 56.6 Å². The van der Waals surface area contributed by atoms with Crippen LogP contribution in [0, 0.1) is 11.5 Å². The molecule has 2 aromatic rings. The summed E-state index contributed by atoms with van der Waals surface area (Å²) in [4.78, 5) is 17.5. The van der Waals surface area contributed by atoms with Crippen LogP contribution in [0.25, 0.3) is 0 Å². The molecule has 4 N–H and O–H groups in total. The fraction of sp³-hybridized carbons (Fsp3) is 0.682. The van der Waals surface area contributed by atoms with Crippen molar-refractivity contribution in [2.24, 2.45) is 5.14 Å². The molecule has 58 heavy (non-hydrogen) atoms. The van der Waals surface area contributed by atoms with E-state index >= 15 is 0 Å². The summed E-state index contributed by atoms with van der Waals surface area (Å²) >= 11 is 0. The number of benzene rings is 2. The Morgan fingerprint density at radius 1 is 0.621 bits per heavy atom. The van der Waals surface area contributed by atoms with E-state index in [1.165, 1.54) is 95.9 Å². The molecule has 2 amide bonds. The van der Waals surface area contributed by atoms with E-state index in [4.69, 9.17) is 15.1 Å². The molecule has 316 valence electrons. The number of nitrogens with one attached hydrogen (secondary N) is 2. The molecular weight excluding hydrogens is 773 g/mol. The Morgan fingerprint density at radius 2 is 1.03 bits per heavy atom. The van der Waals surface area contributed by atoms with Crippen LogP contribution in [-0.2, 0) is 71.4 Å². The number of hydrogen-bond acceptors (Lipinski definition) is 9. The predicted octanol–water partition coefficient (Wildman–Crippen LogP) is 5.95. The van der Waals surface area contributed by atoms with Crippen LogP contribution >= 0.6 is 0 Å². The molecule has 6 aliphatic carbocycles. The Kier molecular flexibility index (Phi) is 12.7. The molecule has 10 rings (SSSR count). The topological polar surface area (TPSA) is 175 Å². The number of rotatable bonds is 7. The van der Waals surface area contributed by atoms with Gasteiger partial charge in [-0.25, -0.2) is 31.5 Å². The number of ether oxygens (including phenoxy) is 1. The van der Waals surface area contributed by atoms with E-state index in [2.05, 4.69) is 32.0 Å². The summed E-state index contributed by atoms with van der Waals surface area (Å²) in [6.45, 7) is 3.45. The van der Waals surface area contributed by atoms with Gasteiger partial charge >= 0.3 is 6.03 Å². The van der Waals surface area contributed by atoms with E-state index in [0.29, 0.717) is 18.9 Å². The summed E-state index contributed by atoms with van der Waals surface area (Å²) in [5.41, 5.74) is 11.4. The molecule has 0 unspecified atom stereocenters. The molecule has 2 heterocycles. The Morgan fingerprint density at radius 3 is 1.43 bits per heavy atom. The molecule has 0 spiro atoms. The van der Waals surface area contributed by atoms with E-state index in [1.807, 2.05) is 6.26 Å². The number of aryl methyl sites for hydroxylation is 4. The zero-order chi connectivity index (χ0) is 40.4. The smallest absolute Gasteiger partial charge is 0.332 e. The van der Waals surface area contributed by atoms with Crippen molar-refractivity contribution in [3.8, 4) is 12.0 Å². The van der Waals surface area contributed by atoms with Gasteiger partial charge in [0.05, 0.1) is 10.5 Å². The maximum Gasteiger partial charge on any atom is 0.332 e. The molecular formula is C44H62N6O6S2. The fourth-order valence-corrected chi connectivity index (χ4v) is 13.1. The quantitative estimate of drug-likeness (QED) is 0.285. The van der Waals surface area contributed by atoms with E-state index in [1.54, 1.807) is 0 Å². The van der Waals surface area contributed by atoms with Crippen LogP contribution < -0.4 is 19.9 Å². The van der Waals surface area contributed by atoms with Gasteiger partial charge in [0.15, 0.2) is 0 Å². The molecule has 8 aliphatic rings. The standard InChI is InChI=1S/C22H31N3O3S.C13H13NO.C9H18N2O2S/c26-22(23-21-19-8-1-4-15(19)14-16-5-2-9-20(16)21)24-29(27,28)18-10-12-25(13-11-18)17-6-3-7-17;14-8-15-13-11-5-1-3-9(11)7-10-4-2-6-12(10)13;10-14(12,13)9-4-6-11(7-5-9)8-2-1-3-8/h14,17-18H,1-13H2,(H2,23,24,26);7H,1-6H2;8-9H,1-7H2,(H2,10,12,13). The molecule has 2 aliphatic heterocycles. The lowest BCUT2D eigenvalue weighted by Gasteiger charge is -2.41. The van der Waals surface area contributed by atoms with Gasteiger partial charge in [0.2, 0.25) is 20.0 Å². The highest BCUT2D eigenvalue weighted by Crippen LogP contribution is 2.41. The highest BCUT2D eigenvalue weighted by Gasteiger charge is 2.36. The van der Waals surface area contributed by atoms with Crippen molar-refractivity contribution >= 4 is 31.8 Å². The highest BCUT2D eigenvalue weighted by molar-refractivity contribution is 7.90. The highest BCUT2D eigenvalue weighted by atomic mass is 32.2. The van der Waals surface area contributed by atoms with Crippen LogP contribution in [0.1, 0.15) is 134 Å². The number of nitrogens with zero attached hydrogens (tertiary/aromatic N) is 3. The van der Waals surface area contributed by atoms with Crippen LogP contribution in [0.2, 0.25) is 0 Å². The van der Waals surface area contributed by atoms with E-state index < -0.39 is 31.3 Å². The molecule has 0 atom stereocenters. The van der Waals surface area contributed by atoms with E-state index in [0.717, 1.165) is 121 Å². The average molecular weight is 835 g/mol. The number of carbonyl (C=O) groups is 1. The number of piperidine rings is 2. The average Bonchev–Trinajstić information content (AvgIpc) is 3.98. The lowest BCUT2D eigenvalue weighted by molar-refractivity contribution is 0.106. The minimum Gasteiger partial charge on any atom is -0.387 e. The van der Waals surface area contributed by atoms with Gasteiger partial charge in [-0.15, -0.1) is 5.26 Å². The summed E-state index contributed by atoms with van der Waals surface area (Å²) < 4.78 is 55.4. The monoisotopic (exact) mass is 834 g/mol. The number of fused-ring (bicyclic) bond motifs is 4. The minimum atomic E-state index is -3.66. The second-order valence-corrected chi connectivity index (χ2v) is 21.8. The van der Waals surface area contributed by atoms with Crippen molar-refractivity contribution < 1.29 is 26.4 Å². The van der Waals surface area contributed by atoms with Gasteiger partial charge in [0.25, 0.3) is 6.26 Å². The normalized spacial score (nSPS) is 22.4. The fourth-order valence-electron chi connectivity index (χ4n) is 10.9. The minimum absolute atomic E-state index is 0.293. The summed E-state index contributed by atoms with van der Waals surface area (Å²) in [6.07, 6.45) is 25.3. The van der Waals surface area contributed by atoms with Gasteiger partial charge in [0, 0.05) is 17.8 Å².